The van der Waals surface area contributed by atoms with Gasteiger partial charge in [0.2, 0.25) is 11.8 Å². The molecule has 0 amide bonds. The van der Waals surface area contributed by atoms with E-state index in [1.807, 2.05) is 12.1 Å². The Morgan fingerprint density at radius 2 is 0.638 bits per heavy atom. The summed E-state index contributed by atoms with van der Waals surface area (Å²) < 4.78 is 6.22. The summed E-state index contributed by atoms with van der Waals surface area (Å²) in [5, 5.41) is 11.3. The van der Waals surface area contributed by atoms with Crippen molar-refractivity contribution in [2.24, 2.45) is 0 Å². The smallest absolute Gasteiger partial charge is 0.248 e. The topological polar surface area (TPSA) is 42.2 Å². The Morgan fingerprint density at radius 1 is 0.276 bits per heavy atom. The fourth-order valence-electron chi connectivity index (χ4n) is 7.85. The molecule has 0 radical (unpaired) electrons. The quantitative estimate of drug-likeness (QED) is 0.148. The van der Waals surface area contributed by atoms with E-state index in [2.05, 4.69) is 227 Å². The molecule has 274 valence electrons. The van der Waals surface area contributed by atoms with Gasteiger partial charge < -0.3 is 9.32 Å². The molecule has 10 aromatic rings. The third-order valence-corrected chi connectivity index (χ3v) is 10.7. The Kier molecular flexibility index (Phi) is 9.18. The summed E-state index contributed by atoms with van der Waals surface area (Å²) >= 11 is 0. The van der Waals surface area contributed by atoms with Gasteiger partial charge in [0.05, 0.1) is 0 Å². The molecule has 0 saturated carbocycles. The third kappa shape index (κ3) is 6.74. The first-order valence-corrected chi connectivity index (χ1v) is 19.5. The monoisotopic (exact) mass is 743 g/mol. The van der Waals surface area contributed by atoms with Gasteiger partial charge in [0.15, 0.2) is 0 Å². The molecule has 1 heterocycles. The van der Waals surface area contributed by atoms with Crippen LogP contribution in [0.4, 0.5) is 17.1 Å². The first-order valence-electron chi connectivity index (χ1n) is 19.5. The third-order valence-electron chi connectivity index (χ3n) is 10.7. The van der Waals surface area contributed by atoms with Crippen molar-refractivity contribution >= 4 is 27.8 Å². The molecule has 10 rings (SSSR count). The lowest BCUT2D eigenvalue weighted by molar-refractivity contribution is 0.584. The maximum atomic E-state index is 6.22. The normalized spacial score (nSPS) is 11.1. The Bertz CT molecular complexity index is 2930. The Hall–Kier alpha value is -7.82. The van der Waals surface area contributed by atoms with Gasteiger partial charge in [-0.2, -0.15) is 0 Å². The minimum absolute atomic E-state index is 0.486. The molecule has 0 N–H and O–H groups in total. The second-order valence-electron chi connectivity index (χ2n) is 14.2. The molecule has 0 aliphatic carbocycles. The number of benzene rings is 9. The van der Waals surface area contributed by atoms with E-state index in [1.54, 1.807) is 0 Å². The molecule has 0 aliphatic heterocycles. The fraction of sp³-hybridized carbons (Fsp3) is 0. The van der Waals surface area contributed by atoms with Crippen molar-refractivity contribution in [1.82, 2.24) is 10.2 Å². The molecule has 58 heavy (non-hydrogen) atoms. The van der Waals surface area contributed by atoms with Crippen LogP contribution in [-0.2, 0) is 0 Å². The standard InChI is InChI=1S/C54H37N3O/c1-3-16-44(17-4-1)57(45-18-5-2-6-19-45)46-36-34-41(35-37-46)50-22-10-12-24-52(50)51-23-11-9-21-49(51)40-28-32-43(33-29-40)54-56-55-53(58-54)42-30-26-39(27-31-42)48-25-13-15-38-14-7-8-20-47(38)48/h1-37H. The average Bonchev–Trinajstić information content (AvgIpc) is 3.81. The highest BCUT2D eigenvalue weighted by molar-refractivity contribution is 5.97. The number of hydrogen-bond donors (Lipinski definition) is 0. The highest BCUT2D eigenvalue weighted by Gasteiger charge is 2.16. The van der Waals surface area contributed by atoms with Crippen molar-refractivity contribution in [3.63, 3.8) is 0 Å². The summed E-state index contributed by atoms with van der Waals surface area (Å²) in [6.07, 6.45) is 0. The molecule has 0 spiro atoms. The van der Waals surface area contributed by atoms with Gasteiger partial charge in [-0.15, -0.1) is 10.2 Å². The lowest BCUT2D eigenvalue weighted by Gasteiger charge is -2.25. The van der Waals surface area contributed by atoms with Crippen molar-refractivity contribution < 1.29 is 4.42 Å². The molecule has 0 fully saturated rings. The summed E-state index contributed by atoms with van der Waals surface area (Å²) in [7, 11) is 0. The molecule has 1 aromatic heterocycles. The van der Waals surface area contributed by atoms with Crippen molar-refractivity contribution in [1.29, 1.82) is 0 Å². The molecule has 4 nitrogen and oxygen atoms in total. The summed E-state index contributed by atoms with van der Waals surface area (Å²) in [5.41, 5.74) is 14.3. The molecular weight excluding hydrogens is 707 g/mol. The number of fused-ring (bicyclic) bond motifs is 1. The van der Waals surface area contributed by atoms with Crippen LogP contribution in [-0.4, -0.2) is 10.2 Å². The van der Waals surface area contributed by atoms with Crippen LogP contribution in [0, 0.1) is 0 Å². The summed E-state index contributed by atoms with van der Waals surface area (Å²) in [5.74, 6) is 0.978. The van der Waals surface area contributed by atoms with E-state index in [4.69, 9.17) is 4.42 Å². The molecule has 0 bridgehead atoms. The second-order valence-corrected chi connectivity index (χ2v) is 14.2. The van der Waals surface area contributed by atoms with Gasteiger partial charge in [0.1, 0.15) is 0 Å². The lowest BCUT2D eigenvalue weighted by atomic mass is 9.89. The van der Waals surface area contributed by atoms with Crippen LogP contribution in [0.1, 0.15) is 0 Å². The first-order chi connectivity index (χ1) is 28.8. The number of nitrogens with zero attached hydrogens (tertiary/aromatic N) is 3. The van der Waals surface area contributed by atoms with Gasteiger partial charge in [0, 0.05) is 28.2 Å². The van der Waals surface area contributed by atoms with E-state index >= 15 is 0 Å². The number of para-hydroxylation sites is 2. The van der Waals surface area contributed by atoms with E-state index in [9.17, 15) is 0 Å². The predicted octanol–water partition coefficient (Wildman–Crippen LogP) is 14.7. The maximum Gasteiger partial charge on any atom is 0.248 e. The van der Waals surface area contributed by atoms with Crippen LogP contribution in [0.2, 0.25) is 0 Å². The lowest BCUT2D eigenvalue weighted by Crippen LogP contribution is -2.09. The minimum atomic E-state index is 0.486. The largest absolute Gasteiger partial charge is 0.416 e. The van der Waals surface area contributed by atoms with Crippen LogP contribution in [0.15, 0.2) is 229 Å². The Balaban J connectivity index is 0.913. The highest BCUT2D eigenvalue weighted by atomic mass is 16.4. The summed E-state index contributed by atoms with van der Waals surface area (Å²) in [6.45, 7) is 0. The number of hydrogen-bond acceptors (Lipinski definition) is 4. The zero-order valence-electron chi connectivity index (χ0n) is 31.6. The molecule has 0 atom stereocenters. The second kappa shape index (κ2) is 15.4. The number of aromatic nitrogens is 2. The van der Waals surface area contributed by atoms with Gasteiger partial charge in [-0.1, -0.05) is 164 Å². The van der Waals surface area contributed by atoms with Gasteiger partial charge in [-0.25, -0.2) is 0 Å². The van der Waals surface area contributed by atoms with E-state index in [0.717, 1.165) is 56.0 Å². The van der Waals surface area contributed by atoms with Crippen molar-refractivity contribution in [3.8, 4) is 67.4 Å². The first kappa shape index (κ1) is 34.7. The Labute approximate surface area is 338 Å². The van der Waals surface area contributed by atoms with Crippen molar-refractivity contribution in [3.05, 3.63) is 224 Å². The molecular formula is C54H37N3O. The summed E-state index contributed by atoms with van der Waals surface area (Å²) in [4.78, 5) is 2.29. The van der Waals surface area contributed by atoms with Crippen LogP contribution in [0.3, 0.4) is 0 Å². The molecule has 9 aromatic carbocycles. The van der Waals surface area contributed by atoms with Crippen LogP contribution in [0.5, 0.6) is 0 Å². The Morgan fingerprint density at radius 3 is 1.17 bits per heavy atom. The van der Waals surface area contributed by atoms with Gasteiger partial charge >= 0.3 is 0 Å². The van der Waals surface area contributed by atoms with Gasteiger partial charge in [-0.3, -0.25) is 0 Å². The van der Waals surface area contributed by atoms with E-state index < -0.39 is 0 Å². The van der Waals surface area contributed by atoms with E-state index in [0.29, 0.717) is 11.8 Å². The van der Waals surface area contributed by atoms with Crippen LogP contribution < -0.4 is 4.90 Å². The van der Waals surface area contributed by atoms with E-state index in [-0.39, 0.29) is 0 Å². The molecule has 4 heteroatoms. The average molecular weight is 744 g/mol. The number of rotatable bonds is 9. The number of anilines is 3. The fourth-order valence-corrected chi connectivity index (χ4v) is 7.85. The SMILES string of the molecule is c1ccc(N(c2ccccc2)c2ccc(-c3ccccc3-c3ccccc3-c3ccc(-c4nnc(-c5ccc(-c6cccc7ccccc67)cc5)o4)cc3)cc2)cc1. The van der Waals surface area contributed by atoms with Crippen LogP contribution >= 0.6 is 0 Å². The maximum absolute atomic E-state index is 6.22. The van der Waals surface area contributed by atoms with Gasteiger partial charge in [0.25, 0.3) is 0 Å². The van der Waals surface area contributed by atoms with Gasteiger partial charge in [-0.05, 0) is 116 Å². The van der Waals surface area contributed by atoms with Crippen LogP contribution in [0.25, 0.3) is 78.2 Å². The van der Waals surface area contributed by atoms with Crippen molar-refractivity contribution in [2.75, 3.05) is 4.90 Å². The van der Waals surface area contributed by atoms with Crippen molar-refractivity contribution in [2.45, 2.75) is 0 Å². The zero-order chi connectivity index (χ0) is 38.7. The molecule has 0 aliphatic rings. The zero-order valence-corrected chi connectivity index (χ0v) is 31.6. The van der Waals surface area contributed by atoms with E-state index in [1.165, 1.54) is 27.5 Å². The molecule has 0 unspecified atom stereocenters. The minimum Gasteiger partial charge on any atom is -0.416 e. The summed E-state index contributed by atoms with van der Waals surface area (Å²) in [6, 6.07) is 78.7. The highest BCUT2D eigenvalue weighted by Crippen LogP contribution is 2.41. The predicted molar refractivity (Wildman–Crippen MR) is 239 cm³/mol. The molecule has 0 saturated heterocycles.